The lowest BCUT2D eigenvalue weighted by atomic mass is 9.91. The van der Waals surface area contributed by atoms with Gasteiger partial charge in [-0.25, -0.2) is 0 Å². The van der Waals surface area contributed by atoms with E-state index in [0.717, 1.165) is 12.1 Å². The Morgan fingerprint density at radius 2 is 1.75 bits per heavy atom. The molecular weight excluding hydrogens is 314 g/mol. The zero-order valence-electron chi connectivity index (χ0n) is 14.0. The second-order valence-electron chi connectivity index (χ2n) is 6.26. The number of thiocarbonyl (C=S) groups is 1. The van der Waals surface area contributed by atoms with E-state index in [1.54, 1.807) is 0 Å². The molecule has 1 atom stereocenters. The van der Waals surface area contributed by atoms with Crippen LogP contribution in [0.25, 0.3) is 10.9 Å². The first-order valence-electron chi connectivity index (χ1n) is 8.30. The number of H-pyrrole nitrogens is 1. The quantitative estimate of drug-likeness (QED) is 0.612. The van der Waals surface area contributed by atoms with E-state index in [9.17, 15) is 0 Å². The largest absolute Gasteiger partial charge is 0.362 e. The molecular formula is C20H23N3S. The highest BCUT2D eigenvalue weighted by atomic mass is 32.1. The Balaban J connectivity index is 1.90. The van der Waals surface area contributed by atoms with E-state index in [0.29, 0.717) is 11.2 Å². The van der Waals surface area contributed by atoms with Gasteiger partial charge in [-0.15, -0.1) is 0 Å². The van der Waals surface area contributed by atoms with E-state index in [1.807, 2.05) is 6.07 Å². The van der Waals surface area contributed by atoms with Crippen LogP contribution in [0.1, 0.15) is 30.9 Å². The summed E-state index contributed by atoms with van der Waals surface area (Å²) < 4.78 is 0. The van der Waals surface area contributed by atoms with Gasteiger partial charge in [-0.05, 0) is 43.3 Å². The fourth-order valence-electron chi connectivity index (χ4n) is 2.98. The molecule has 1 aromatic heterocycles. The maximum atomic E-state index is 5.39. The zero-order chi connectivity index (χ0) is 16.9. The minimum absolute atomic E-state index is 0.231. The van der Waals surface area contributed by atoms with Gasteiger partial charge in [0, 0.05) is 35.6 Å². The molecule has 0 saturated heterocycles. The van der Waals surface area contributed by atoms with Crippen LogP contribution in [0.3, 0.4) is 0 Å². The van der Waals surface area contributed by atoms with Gasteiger partial charge in [0.15, 0.2) is 5.11 Å². The molecule has 0 aliphatic heterocycles. The van der Waals surface area contributed by atoms with E-state index in [2.05, 4.69) is 84.2 Å². The Kier molecular flexibility index (Phi) is 5.16. The van der Waals surface area contributed by atoms with Crippen molar-refractivity contribution in [1.82, 2.24) is 15.6 Å². The minimum Gasteiger partial charge on any atom is -0.362 e. The summed E-state index contributed by atoms with van der Waals surface area (Å²) in [7, 11) is 0. The number of hydrogen-bond donors (Lipinski definition) is 3. The molecule has 3 aromatic rings. The lowest BCUT2D eigenvalue weighted by Gasteiger charge is -2.20. The van der Waals surface area contributed by atoms with Crippen molar-refractivity contribution in [3.63, 3.8) is 0 Å². The van der Waals surface area contributed by atoms with Crippen LogP contribution in [0.15, 0.2) is 60.8 Å². The van der Waals surface area contributed by atoms with Gasteiger partial charge in [-0.2, -0.15) is 0 Å². The summed E-state index contributed by atoms with van der Waals surface area (Å²) in [5, 5.41) is 8.58. The highest BCUT2D eigenvalue weighted by Crippen LogP contribution is 2.30. The molecule has 0 unspecified atom stereocenters. The molecule has 0 spiro atoms. The van der Waals surface area contributed by atoms with Crippen molar-refractivity contribution in [2.75, 3.05) is 6.54 Å². The first-order chi connectivity index (χ1) is 11.6. The molecule has 2 aromatic carbocycles. The summed E-state index contributed by atoms with van der Waals surface area (Å²) in [6.45, 7) is 4.93. The molecule has 124 valence electrons. The normalized spacial score (nSPS) is 12.3. The van der Waals surface area contributed by atoms with Crippen LogP contribution < -0.4 is 10.6 Å². The molecule has 0 radical (unpaired) electrons. The van der Waals surface area contributed by atoms with Crippen molar-refractivity contribution in [3.05, 3.63) is 71.9 Å². The smallest absolute Gasteiger partial charge is 0.166 e. The topological polar surface area (TPSA) is 39.8 Å². The van der Waals surface area contributed by atoms with Crippen molar-refractivity contribution in [2.24, 2.45) is 0 Å². The van der Waals surface area contributed by atoms with Crippen LogP contribution in [-0.2, 0) is 0 Å². The van der Waals surface area contributed by atoms with E-state index < -0.39 is 0 Å². The van der Waals surface area contributed by atoms with Gasteiger partial charge in [0.2, 0.25) is 0 Å². The highest BCUT2D eigenvalue weighted by Gasteiger charge is 2.18. The number of aromatic nitrogens is 1. The zero-order valence-corrected chi connectivity index (χ0v) is 14.9. The molecule has 0 bridgehead atoms. The molecule has 3 rings (SSSR count). The summed E-state index contributed by atoms with van der Waals surface area (Å²) in [6, 6.07) is 19.3. The van der Waals surface area contributed by atoms with Gasteiger partial charge in [0.25, 0.3) is 0 Å². The van der Waals surface area contributed by atoms with Crippen molar-refractivity contribution in [3.8, 4) is 0 Å². The van der Waals surface area contributed by atoms with E-state index in [4.69, 9.17) is 12.2 Å². The summed E-state index contributed by atoms with van der Waals surface area (Å²) in [5.41, 5.74) is 3.73. The maximum Gasteiger partial charge on any atom is 0.166 e. The Hall–Kier alpha value is -2.33. The van der Waals surface area contributed by atoms with Crippen molar-refractivity contribution >= 4 is 28.2 Å². The van der Waals surface area contributed by atoms with Crippen LogP contribution in [0.4, 0.5) is 0 Å². The third-order valence-electron chi connectivity index (χ3n) is 4.09. The average Bonchev–Trinajstić information content (AvgIpc) is 3.00. The SMILES string of the molecule is CC(C)NC(=S)NC[C@@H](c1ccccc1)c1c[nH]c2ccccc12. The standard InChI is InChI=1S/C20H23N3S/c1-14(2)23-20(24)22-12-17(15-8-4-3-5-9-15)18-13-21-19-11-7-6-10-16(18)19/h3-11,13-14,17,21H,12H2,1-2H3,(H2,22,23,24)/t17-/m0/s1. The summed E-state index contributed by atoms with van der Waals surface area (Å²) in [6.07, 6.45) is 2.11. The first-order valence-corrected chi connectivity index (χ1v) is 8.71. The van der Waals surface area contributed by atoms with Gasteiger partial charge in [0.05, 0.1) is 0 Å². The monoisotopic (exact) mass is 337 g/mol. The summed E-state index contributed by atoms with van der Waals surface area (Å²) in [4.78, 5) is 3.38. The van der Waals surface area contributed by atoms with Crippen LogP contribution in [0.2, 0.25) is 0 Å². The van der Waals surface area contributed by atoms with Crippen LogP contribution in [0, 0.1) is 0 Å². The van der Waals surface area contributed by atoms with E-state index >= 15 is 0 Å². The average molecular weight is 337 g/mol. The van der Waals surface area contributed by atoms with Crippen LogP contribution in [0.5, 0.6) is 0 Å². The molecule has 0 fully saturated rings. The second kappa shape index (κ2) is 7.49. The number of aromatic amines is 1. The third-order valence-corrected chi connectivity index (χ3v) is 4.35. The van der Waals surface area contributed by atoms with Crippen LogP contribution in [-0.4, -0.2) is 22.7 Å². The third kappa shape index (κ3) is 3.77. The number of hydrogen-bond acceptors (Lipinski definition) is 1. The molecule has 3 N–H and O–H groups in total. The molecule has 3 nitrogen and oxygen atoms in total. The predicted octanol–water partition coefficient (Wildman–Crippen LogP) is 4.17. The summed E-state index contributed by atoms with van der Waals surface area (Å²) >= 11 is 5.39. The van der Waals surface area contributed by atoms with Gasteiger partial charge >= 0.3 is 0 Å². The highest BCUT2D eigenvalue weighted by molar-refractivity contribution is 7.80. The first kappa shape index (κ1) is 16.5. The lowest BCUT2D eigenvalue weighted by Crippen LogP contribution is -2.41. The van der Waals surface area contributed by atoms with Crippen molar-refractivity contribution in [1.29, 1.82) is 0 Å². The maximum absolute atomic E-state index is 5.39. The number of fused-ring (bicyclic) bond motifs is 1. The summed E-state index contributed by atoms with van der Waals surface area (Å²) in [5.74, 6) is 0.231. The second-order valence-corrected chi connectivity index (χ2v) is 6.67. The van der Waals surface area contributed by atoms with E-state index in [-0.39, 0.29) is 5.92 Å². The number of rotatable bonds is 5. The Bertz CT molecular complexity index is 808. The Morgan fingerprint density at radius 3 is 2.50 bits per heavy atom. The van der Waals surface area contributed by atoms with Crippen molar-refractivity contribution in [2.45, 2.75) is 25.8 Å². The van der Waals surface area contributed by atoms with Crippen LogP contribution >= 0.6 is 12.2 Å². The molecule has 0 amide bonds. The number of para-hydroxylation sites is 1. The van der Waals surface area contributed by atoms with E-state index in [1.165, 1.54) is 16.5 Å². The van der Waals surface area contributed by atoms with Gasteiger partial charge in [0.1, 0.15) is 0 Å². The fourth-order valence-corrected chi connectivity index (χ4v) is 3.30. The Labute approximate surface area is 148 Å². The molecule has 24 heavy (non-hydrogen) atoms. The molecule has 1 heterocycles. The number of nitrogens with one attached hydrogen (secondary N) is 3. The molecule has 0 aliphatic rings. The number of benzene rings is 2. The van der Waals surface area contributed by atoms with Gasteiger partial charge < -0.3 is 15.6 Å². The lowest BCUT2D eigenvalue weighted by molar-refractivity contribution is 0.693. The molecule has 0 saturated carbocycles. The Morgan fingerprint density at radius 1 is 1.04 bits per heavy atom. The van der Waals surface area contributed by atoms with Gasteiger partial charge in [-0.3, -0.25) is 0 Å². The fraction of sp³-hybridized carbons (Fsp3) is 0.250. The molecule has 4 heteroatoms. The predicted molar refractivity (Wildman–Crippen MR) is 105 cm³/mol. The minimum atomic E-state index is 0.231. The molecule has 0 aliphatic carbocycles. The van der Waals surface area contributed by atoms with Crippen molar-refractivity contribution < 1.29 is 0 Å². The van der Waals surface area contributed by atoms with Gasteiger partial charge in [-0.1, -0.05) is 48.5 Å².